The number of hydrogen-bond donors (Lipinski definition) is 2. The molecule has 2 heterocycles. The van der Waals surface area contributed by atoms with E-state index in [4.69, 9.17) is 4.74 Å². The molecule has 0 amide bonds. The fourth-order valence-corrected chi connectivity index (χ4v) is 2.74. The molecule has 1 aliphatic rings. The molecule has 2 N–H and O–H groups in total. The van der Waals surface area contributed by atoms with Crippen molar-refractivity contribution in [3.8, 4) is 5.88 Å². The maximum atomic E-state index is 12.5. The van der Waals surface area contributed by atoms with Crippen LogP contribution in [-0.4, -0.2) is 61.4 Å². The topological polar surface area (TPSA) is 61.8 Å². The second kappa shape index (κ2) is 10.8. The Bertz CT molecular complexity index is 585. The normalized spacial score (nSPS) is 18.3. The fraction of sp³-hybridized carbons (Fsp3) is 0.625. The number of nitrogens with zero attached hydrogens (tertiary/aromatic N) is 3. The van der Waals surface area contributed by atoms with Gasteiger partial charge in [0.2, 0.25) is 5.88 Å². The predicted octanol–water partition coefficient (Wildman–Crippen LogP) is 2.40. The largest absolute Gasteiger partial charge is 0.478 e. The molecular weight excluding hydrogens is 462 g/mol. The van der Waals surface area contributed by atoms with Crippen LogP contribution in [0.2, 0.25) is 0 Å². The highest BCUT2D eigenvalue weighted by atomic mass is 127. The van der Waals surface area contributed by atoms with Gasteiger partial charge in [-0.05, 0) is 19.4 Å². The molecule has 1 atom stereocenters. The van der Waals surface area contributed by atoms with Crippen LogP contribution in [0.3, 0.4) is 0 Å². The molecule has 0 spiro atoms. The number of aromatic nitrogens is 1. The van der Waals surface area contributed by atoms with Gasteiger partial charge in [0.1, 0.15) is 0 Å². The number of likely N-dealkylation sites (tertiary alicyclic amines) is 1. The lowest BCUT2D eigenvalue weighted by Crippen LogP contribution is -2.45. The smallest absolute Gasteiger partial charge is 0.401 e. The first-order valence-electron chi connectivity index (χ1n) is 8.24. The van der Waals surface area contributed by atoms with Crippen molar-refractivity contribution < 1.29 is 17.9 Å². The summed E-state index contributed by atoms with van der Waals surface area (Å²) in [7, 11) is 1.63. The third-order valence-corrected chi connectivity index (χ3v) is 3.82. The highest BCUT2D eigenvalue weighted by Gasteiger charge is 2.34. The van der Waals surface area contributed by atoms with E-state index in [0.29, 0.717) is 44.5 Å². The molecule has 0 aliphatic carbocycles. The van der Waals surface area contributed by atoms with E-state index in [-0.39, 0.29) is 30.0 Å². The standard InChI is InChI=1S/C16H24F3N5O.HI/c1-3-25-14-12(5-4-7-21-14)9-22-15(20-2)23-13-6-8-24(10-13)11-16(17,18)19;/h4-5,7,13H,3,6,8-11H2,1-2H3,(H2,20,22,23);1H. The van der Waals surface area contributed by atoms with E-state index >= 15 is 0 Å². The zero-order valence-corrected chi connectivity index (χ0v) is 17.2. The average molecular weight is 487 g/mol. The zero-order valence-electron chi connectivity index (χ0n) is 14.8. The highest BCUT2D eigenvalue weighted by molar-refractivity contribution is 14.0. The molecule has 1 unspecified atom stereocenters. The summed E-state index contributed by atoms with van der Waals surface area (Å²) < 4.78 is 42.8. The first kappa shape index (κ1) is 22.7. The van der Waals surface area contributed by atoms with Gasteiger partial charge >= 0.3 is 6.18 Å². The van der Waals surface area contributed by atoms with Crippen LogP contribution < -0.4 is 15.4 Å². The van der Waals surface area contributed by atoms with Crippen LogP contribution in [0.5, 0.6) is 5.88 Å². The SMILES string of the molecule is CCOc1ncccc1CNC(=NC)NC1CCN(CC(F)(F)F)C1.I. The Hall–Kier alpha value is -1.30. The van der Waals surface area contributed by atoms with Gasteiger partial charge in [-0.15, -0.1) is 24.0 Å². The Morgan fingerprint density at radius 2 is 2.23 bits per heavy atom. The Morgan fingerprint density at radius 3 is 2.88 bits per heavy atom. The molecule has 2 rings (SSSR count). The van der Waals surface area contributed by atoms with Gasteiger partial charge in [0.25, 0.3) is 0 Å². The highest BCUT2D eigenvalue weighted by Crippen LogP contribution is 2.20. The van der Waals surface area contributed by atoms with E-state index in [2.05, 4.69) is 20.6 Å². The minimum Gasteiger partial charge on any atom is -0.478 e. The van der Waals surface area contributed by atoms with Gasteiger partial charge in [0, 0.05) is 44.5 Å². The van der Waals surface area contributed by atoms with Crippen LogP contribution in [0.1, 0.15) is 18.9 Å². The molecule has 26 heavy (non-hydrogen) atoms. The van der Waals surface area contributed by atoms with Crippen molar-refractivity contribution in [2.75, 3.05) is 33.3 Å². The van der Waals surface area contributed by atoms with Gasteiger partial charge in [-0.3, -0.25) is 9.89 Å². The molecule has 1 fully saturated rings. The number of nitrogens with one attached hydrogen (secondary N) is 2. The van der Waals surface area contributed by atoms with E-state index in [1.807, 2.05) is 19.1 Å². The number of hydrogen-bond acceptors (Lipinski definition) is 4. The van der Waals surface area contributed by atoms with Crippen molar-refractivity contribution in [2.24, 2.45) is 4.99 Å². The van der Waals surface area contributed by atoms with Crippen LogP contribution in [0.15, 0.2) is 23.3 Å². The summed E-state index contributed by atoms with van der Waals surface area (Å²) in [4.78, 5) is 9.72. The third kappa shape index (κ3) is 7.52. The third-order valence-electron chi connectivity index (χ3n) is 3.82. The molecule has 0 saturated carbocycles. The predicted molar refractivity (Wildman–Crippen MR) is 105 cm³/mol. The summed E-state index contributed by atoms with van der Waals surface area (Å²) in [6.07, 6.45) is -1.85. The second-order valence-corrected chi connectivity index (χ2v) is 5.81. The van der Waals surface area contributed by atoms with E-state index in [0.717, 1.165) is 5.56 Å². The molecule has 10 heteroatoms. The lowest BCUT2D eigenvalue weighted by atomic mass is 10.2. The monoisotopic (exact) mass is 487 g/mol. The van der Waals surface area contributed by atoms with Gasteiger partial charge in [0.05, 0.1) is 13.2 Å². The number of rotatable bonds is 6. The Morgan fingerprint density at radius 1 is 1.46 bits per heavy atom. The van der Waals surface area contributed by atoms with E-state index in [9.17, 15) is 13.2 Å². The number of ether oxygens (including phenoxy) is 1. The van der Waals surface area contributed by atoms with Crippen molar-refractivity contribution in [1.82, 2.24) is 20.5 Å². The first-order chi connectivity index (χ1) is 11.9. The lowest BCUT2D eigenvalue weighted by molar-refractivity contribution is -0.143. The van der Waals surface area contributed by atoms with Gasteiger partial charge in [-0.25, -0.2) is 4.98 Å². The van der Waals surface area contributed by atoms with Crippen LogP contribution in [0, 0.1) is 0 Å². The molecule has 1 aromatic rings. The number of guanidine groups is 1. The second-order valence-electron chi connectivity index (χ2n) is 5.81. The van der Waals surface area contributed by atoms with Gasteiger partial charge in [-0.2, -0.15) is 13.2 Å². The Balaban J connectivity index is 0.00000338. The molecule has 1 aliphatic heterocycles. The van der Waals surface area contributed by atoms with Crippen molar-refractivity contribution in [1.29, 1.82) is 0 Å². The van der Waals surface area contributed by atoms with Crippen molar-refractivity contribution in [3.05, 3.63) is 23.9 Å². The van der Waals surface area contributed by atoms with Gasteiger partial charge < -0.3 is 15.4 Å². The Labute approximate surface area is 168 Å². The number of halogens is 4. The number of pyridine rings is 1. The minimum absolute atomic E-state index is 0. The van der Waals surface area contributed by atoms with E-state index < -0.39 is 12.7 Å². The summed E-state index contributed by atoms with van der Waals surface area (Å²) in [6, 6.07) is 3.66. The summed E-state index contributed by atoms with van der Waals surface area (Å²) in [5.41, 5.74) is 0.886. The number of alkyl halides is 3. The summed E-state index contributed by atoms with van der Waals surface area (Å²) in [5, 5.41) is 6.32. The van der Waals surface area contributed by atoms with Crippen LogP contribution in [-0.2, 0) is 6.54 Å². The van der Waals surface area contributed by atoms with Crippen molar-refractivity contribution >= 4 is 29.9 Å². The molecule has 1 aromatic heterocycles. The molecule has 6 nitrogen and oxygen atoms in total. The maximum Gasteiger partial charge on any atom is 0.401 e. The van der Waals surface area contributed by atoms with E-state index in [1.54, 1.807) is 13.2 Å². The van der Waals surface area contributed by atoms with Crippen LogP contribution in [0.25, 0.3) is 0 Å². The Kier molecular flexibility index (Phi) is 9.41. The first-order valence-corrected chi connectivity index (χ1v) is 8.24. The summed E-state index contributed by atoms with van der Waals surface area (Å²) >= 11 is 0. The quantitative estimate of drug-likeness (QED) is 0.367. The minimum atomic E-state index is -4.16. The van der Waals surface area contributed by atoms with E-state index in [1.165, 1.54) is 4.90 Å². The van der Waals surface area contributed by atoms with Crippen molar-refractivity contribution in [2.45, 2.75) is 32.1 Å². The van der Waals surface area contributed by atoms with Crippen LogP contribution in [0.4, 0.5) is 13.2 Å². The zero-order chi connectivity index (χ0) is 18.3. The molecular formula is C16H25F3IN5O. The average Bonchev–Trinajstić information content (AvgIpc) is 2.98. The molecule has 0 aromatic carbocycles. The molecule has 148 valence electrons. The number of aliphatic imine (C=N–C) groups is 1. The van der Waals surface area contributed by atoms with Gasteiger partial charge in [-0.1, -0.05) is 6.07 Å². The molecule has 0 bridgehead atoms. The maximum absolute atomic E-state index is 12.5. The molecule has 0 radical (unpaired) electrons. The van der Waals surface area contributed by atoms with Gasteiger partial charge in [0.15, 0.2) is 5.96 Å². The summed E-state index contributed by atoms with van der Waals surface area (Å²) in [5.74, 6) is 1.11. The van der Waals surface area contributed by atoms with Crippen LogP contribution >= 0.6 is 24.0 Å². The lowest BCUT2D eigenvalue weighted by Gasteiger charge is -2.20. The fourth-order valence-electron chi connectivity index (χ4n) is 2.74. The molecule has 1 saturated heterocycles. The van der Waals surface area contributed by atoms with Crippen molar-refractivity contribution in [3.63, 3.8) is 0 Å². The summed E-state index contributed by atoms with van der Waals surface area (Å²) in [6.45, 7) is 2.77.